The van der Waals surface area contributed by atoms with Crippen LogP contribution in [0.25, 0.3) is 22.3 Å². The summed E-state index contributed by atoms with van der Waals surface area (Å²) in [6.45, 7) is 7.56. The number of aryl methyl sites for hydroxylation is 1. The largest absolute Gasteiger partial charge is 0.458 e. The minimum atomic E-state index is -1.44. The van der Waals surface area contributed by atoms with Gasteiger partial charge in [-0.2, -0.15) is 0 Å². The Morgan fingerprint density at radius 3 is 2.73 bits per heavy atom. The summed E-state index contributed by atoms with van der Waals surface area (Å²) in [5, 5.41) is 11.4. The molecule has 1 aromatic carbocycles. The summed E-state index contributed by atoms with van der Waals surface area (Å²) in [5.74, 6) is -0.722. The molecule has 5 heterocycles. The summed E-state index contributed by atoms with van der Waals surface area (Å²) >= 11 is 0. The number of aliphatic hydroxyl groups excluding tert-OH is 1. The van der Waals surface area contributed by atoms with E-state index in [1.54, 1.807) is 10.6 Å². The Balaban J connectivity index is 1.45. The zero-order valence-corrected chi connectivity index (χ0v) is 18.8. The molecule has 3 aliphatic heterocycles. The number of rotatable bonds is 2. The molecule has 33 heavy (non-hydrogen) atoms. The van der Waals surface area contributed by atoms with Crippen molar-refractivity contribution in [1.82, 2.24) is 19.4 Å². The van der Waals surface area contributed by atoms with Gasteiger partial charge in [-0.05, 0) is 43.3 Å². The van der Waals surface area contributed by atoms with Crippen molar-refractivity contribution in [3.63, 3.8) is 0 Å². The van der Waals surface area contributed by atoms with Crippen LogP contribution in [-0.4, -0.2) is 63.7 Å². The summed E-state index contributed by atoms with van der Waals surface area (Å²) in [5.41, 5.74) is 6.22. The number of aromatic nitrogens is 2. The predicted molar refractivity (Wildman–Crippen MR) is 123 cm³/mol. The maximum Gasteiger partial charge on any atom is 0.340 e. The second-order valence-corrected chi connectivity index (χ2v) is 9.37. The minimum Gasteiger partial charge on any atom is -0.458 e. The van der Waals surface area contributed by atoms with Crippen LogP contribution < -0.4 is 5.56 Å². The van der Waals surface area contributed by atoms with Crippen molar-refractivity contribution in [2.45, 2.75) is 32.7 Å². The van der Waals surface area contributed by atoms with Crippen LogP contribution in [0.15, 0.2) is 29.1 Å². The van der Waals surface area contributed by atoms with E-state index in [9.17, 15) is 14.7 Å². The molecule has 0 radical (unpaired) electrons. The van der Waals surface area contributed by atoms with Crippen LogP contribution in [0.2, 0.25) is 0 Å². The Bertz CT molecular complexity index is 1370. The average Bonchev–Trinajstić information content (AvgIpc) is 3.17. The number of hydrogen-bond donors (Lipinski definition) is 1. The molecule has 2 aromatic heterocycles. The monoisotopic (exact) mass is 446 g/mol. The Kier molecular flexibility index (Phi) is 4.65. The number of cyclic esters (lactones) is 1. The molecule has 1 saturated heterocycles. The summed E-state index contributed by atoms with van der Waals surface area (Å²) < 4.78 is 6.65. The van der Waals surface area contributed by atoms with Crippen LogP contribution in [0.4, 0.5) is 0 Å². The van der Waals surface area contributed by atoms with Crippen molar-refractivity contribution in [2.75, 3.05) is 33.2 Å². The van der Waals surface area contributed by atoms with Gasteiger partial charge in [-0.1, -0.05) is 6.07 Å². The van der Waals surface area contributed by atoms with Crippen LogP contribution in [-0.2, 0) is 29.2 Å². The van der Waals surface area contributed by atoms with Gasteiger partial charge in [-0.15, -0.1) is 0 Å². The predicted octanol–water partition coefficient (Wildman–Crippen LogP) is 1.57. The van der Waals surface area contributed by atoms with Crippen molar-refractivity contribution >= 4 is 16.9 Å². The molecule has 1 unspecified atom stereocenters. The number of ether oxygens (including phenoxy) is 1. The van der Waals surface area contributed by atoms with Gasteiger partial charge >= 0.3 is 5.97 Å². The van der Waals surface area contributed by atoms with Crippen molar-refractivity contribution in [1.29, 1.82) is 0 Å². The second-order valence-electron chi connectivity index (χ2n) is 9.37. The summed E-state index contributed by atoms with van der Waals surface area (Å²) in [7, 11) is 2.16. The summed E-state index contributed by atoms with van der Waals surface area (Å²) in [6, 6.07) is 8.04. The zero-order chi connectivity index (χ0) is 22.9. The highest BCUT2D eigenvalue weighted by Gasteiger charge is 2.34. The van der Waals surface area contributed by atoms with Gasteiger partial charge in [0.25, 0.3) is 5.56 Å². The fraction of sp³-hybridized carbons (Fsp3) is 0.400. The molecule has 0 saturated carbocycles. The lowest BCUT2D eigenvalue weighted by atomic mass is 9.98. The first kappa shape index (κ1) is 20.5. The highest BCUT2D eigenvalue weighted by Crippen LogP contribution is 2.36. The molecule has 0 bridgehead atoms. The first-order valence-corrected chi connectivity index (χ1v) is 11.4. The van der Waals surface area contributed by atoms with Gasteiger partial charge in [0.1, 0.15) is 6.61 Å². The zero-order valence-electron chi connectivity index (χ0n) is 18.8. The topological polar surface area (TPSA) is 87.9 Å². The molecule has 3 aliphatic rings. The third-order valence-electron chi connectivity index (χ3n) is 7.28. The molecule has 0 aliphatic carbocycles. The second kappa shape index (κ2) is 7.48. The van der Waals surface area contributed by atoms with E-state index >= 15 is 0 Å². The normalized spacial score (nSPS) is 20.5. The van der Waals surface area contributed by atoms with E-state index in [2.05, 4.69) is 35.9 Å². The fourth-order valence-corrected chi connectivity index (χ4v) is 5.21. The summed E-state index contributed by atoms with van der Waals surface area (Å²) in [4.78, 5) is 34.8. The van der Waals surface area contributed by atoms with Crippen molar-refractivity contribution in [3.05, 3.63) is 62.4 Å². The Hall–Kier alpha value is -3.07. The molecule has 0 spiro atoms. The number of likely N-dealkylation sites (N-methyl/N-ethyl adjacent to an activating group) is 1. The number of fused-ring (bicyclic) bond motifs is 5. The third-order valence-corrected chi connectivity index (χ3v) is 7.28. The maximum absolute atomic E-state index is 13.2. The lowest BCUT2D eigenvalue weighted by Gasteiger charge is -2.33. The first-order valence-electron chi connectivity index (χ1n) is 11.4. The van der Waals surface area contributed by atoms with E-state index in [1.807, 2.05) is 6.07 Å². The number of nitrogens with zero attached hydrogens (tertiary/aromatic N) is 4. The molecule has 8 heteroatoms. The van der Waals surface area contributed by atoms with Gasteiger partial charge in [-0.3, -0.25) is 9.69 Å². The number of esters is 1. The molecule has 1 fully saturated rings. The fourth-order valence-electron chi connectivity index (χ4n) is 5.21. The van der Waals surface area contributed by atoms with Crippen LogP contribution in [0.3, 0.4) is 0 Å². The van der Waals surface area contributed by atoms with E-state index in [0.29, 0.717) is 23.4 Å². The molecule has 0 amide bonds. The molecule has 1 atom stereocenters. The first-order chi connectivity index (χ1) is 15.9. The number of aliphatic hydroxyl groups is 1. The Morgan fingerprint density at radius 2 is 1.94 bits per heavy atom. The van der Waals surface area contributed by atoms with Crippen molar-refractivity contribution in [2.24, 2.45) is 0 Å². The van der Waals surface area contributed by atoms with Gasteiger partial charge in [0.05, 0.1) is 29.0 Å². The van der Waals surface area contributed by atoms with Crippen LogP contribution in [0, 0.1) is 6.92 Å². The number of carbonyl (C=O) groups is 1. The SMILES string of the molecule is Cc1ccc2nc3c(cc2c1CN1CCN(C)CC1)Cn1c-3cc2c(c1=O)COC(=O)C2O. The number of hydrogen-bond acceptors (Lipinski definition) is 7. The average molecular weight is 447 g/mol. The standard InChI is InChI=1S/C25H26N4O4/c1-14-3-4-20-16(18(14)12-28-7-5-27(2)6-8-28)9-15-11-29-21(22(15)26-20)10-17-19(24(29)31)13-33-25(32)23(17)30/h3-4,9-10,23,30H,5-8,11-13H2,1-2H3. The van der Waals surface area contributed by atoms with E-state index in [4.69, 9.17) is 9.72 Å². The van der Waals surface area contributed by atoms with Gasteiger partial charge in [-0.25, -0.2) is 9.78 Å². The molecular weight excluding hydrogens is 420 g/mol. The molecular formula is C25H26N4O4. The van der Waals surface area contributed by atoms with Gasteiger partial charge in [0, 0.05) is 49.2 Å². The Morgan fingerprint density at radius 1 is 1.15 bits per heavy atom. The molecule has 170 valence electrons. The summed E-state index contributed by atoms with van der Waals surface area (Å²) in [6.07, 6.45) is -1.44. The van der Waals surface area contributed by atoms with E-state index in [-0.39, 0.29) is 12.2 Å². The highest BCUT2D eigenvalue weighted by atomic mass is 16.5. The number of carbonyl (C=O) groups excluding carboxylic acids is 1. The lowest BCUT2D eigenvalue weighted by Crippen LogP contribution is -2.44. The smallest absolute Gasteiger partial charge is 0.340 e. The van der Waals surface area contributed by atoms with Gasteiger partial charge in [0.15, 0.2) is 6.10 Å². The van der Waals surface area contributed by atoms with Gasteiger partial charge < -0.3 is 19.3 Å². The van der Waals surface area contributed by atoms with E-state index < -0.39 is 12.1 Å². The third kappa shape index (κ3) is 3.20. The minimum absolute atomic E-state index is 0.107. The van der Waals surface area contributed by atoms with Crippen LogP contribution in [0.5, 0.6) is 0 Å². The van der Waals surface area contributed by atoms with Crippen molar-refractivity contribution in [3.8, 4) is 11.4 Å². The van der Waals surface area contributed by atoms with Crippen molar-refractivity contribution < 1.29 is 14.6 Å². The number of pyridine rings is 2. The van der Waals surface area contributed by atoms with Gasteiger partial charge in [0.2, 0.25) is 0 Å². The Labute approximate surface area is 191 Å². The van der Waals surface area contributed by atoms with Crippen LogP contribution in [0.1, 0.15) is 33.9 Å². The quantitative estimate of drug-likeness (QED) is 0.468. The van der Waals surface area contributed by atoms with E-state index in [1.165, 1.54) is 11.1 Å². The number of piperazine rings is 1. The lowest BCUT2D eigenvalue weighted by molar-refractivity contribution is -0.157. The van der Waals surface area contributed by atoms with E-state index in [0.717, 1.165) is 54.9 Å². The molecule has 6 rings (SSSR count). The molecule has 3 aromatic rings. The maximum atomic E-state index is 13.2. The van der Waals surface area contributed by atoms with Crippen LogP contribution >= 0.6 is 0 Å². The number of benzene rings is 1. The molecule has 8 nitrogen and oxygen atoms in total. The highest BCUT2D eigenvalue weighted by molar-refractivity contribution is 5.88. The molecule has 1 N–H and O–H groups in total.